The third kappa shape index (κ3) is 4.67. The molecule has 29 heavy (non-hydrogen) atoms. The van der Waals surface area contributed by atoms with Crippen LogP contribution >= 0.6 is 0 Å². The van der Waals surface area contributed by atoms with Crippen molar-refractivity contribution in [3.63, 3.8) is 0 Å². The van der Waals surface area contributed by atoms with Crippen molar-refractivity contribution >= 4 is 27.0 Å². The maximum absolute atomic E-state index is 12.5. The maximum atomic E-state index is 12.5. The molecule has 1 aliphatic carbocycles. The first-order valence-corrected chi connectivity index (χ1v) is 11.7. The number of rotatable bonds is 4. The van der Waals surface area contributed by atoms with Gasteiger partial charge in [-0.05, 0) is 43.9 Å². The zero-order valence-electron chi connectivity index (χ0n) is 16.1. The summed E-state index contributed by atoms with van der Waals surface area (Å²) in [4.78, 5) is 30.4. The molecule has 2 heterocycles. The largest absolute Gasteiger partial charge is 0.371 e. The van der Waals surface area contributed by atoms with Gasteiger partial charge in [0.25, 0.3) is 11.5 Å². The molecule has 1 aromatic heterocycles. The summed E-state index contributed by atoms with van der Waals surface area (Å²) in [6, 6.07) is 4.45. The van der Waals surface area contributed by atoms with Gasteiger partial charge in [-0.15, -0.1) is 0 Å². The average molecular weight is 420 g/mol. The molecule has 2 N–H and O–H groups in total. The zero-order valence-corrected chi connectivity index (χ0v) is 17.0. The second-order valence-electron chi connectivity index (χ2n) is 8.07. The SMILES string of the molecule is O=C(NS(=O)(=O)CC1CCC2(CCCCCC2)O1)c1ccc2ncc(=O)[nH]c2c1. The first-order chi connectivity index (χ1) is 13.8. The third-order valence-corrected chi connectivity index (χ3v) is 7.15. The molecule has 1 spiro atoms. The van der Waals surface area contributed by atoms with E-state index in [4.69, 9.17) is 4.74 Å². The van der Waals surface area contributed by atoms with Crippen molar-refractivity contribution < 1.29 is 17.9 Å². The molecule has 1 aromatic carbocycles. The lowest BCUT2D eigenvalue weighted by atomic mass is 9.91. The number of carbonyl (C=O) groups excluding carboxylic acids is 1. The molecule has 1 saturated carbocycles. The van der Waals surface area contributed by atoms with E-state index < -0.39 is 27.6 Å². The Bertz CT molecular complexity index is 1070. The fourth-order valence-corrected chi connectivity index (χ4v) is 5.63. The van der Waals surface area contributed by atoms with E-state index in [1.54, 1.807) is 6.07 Å². The fourth-order valence-electron chi connectivity index (χ4n) is 4.42. The number of ether oxygens (including phenoxy) is 1. The molecule has 9 heteroatoms. The molecule has 156 valence electrons. The summed E-state index contributed by atoms with van der Waals surface area (Å²) >= 11 is 0. The van der Waals surface area contributed by atoms with E-state index in [0.29, 0.717) is 17.5 Å². The van der Waals surface area contributed by atoms with Crippen LogP contribution in [-0.4, -0.2) is 41.8 Å². The van der Waals surface area contributed by atoms with Crippen LogP contribution in [0.3, 0.4) is 0 Å². The second kappa shape index (κ2) is 7.87. The highest BCUT2D eigenvalue weighted by atomic mass is 32.2. The molecule has 2 aliphatic rings. The number of nitrogens with one attached hydrogen (secondary N) is 2. The smallest absolute Gasteiger partial charge is 0.266 e. The molecule has 1 unspecified atom stereocenters. The lowest BCUT2D eigenvalue weighted by molar-refractivity contribution is -0.0425. The van der Waals surface area contributed by atoms with Gasteiger partial charge in [-0.1, -0.05) is 25.7 Å². The summed E-state index contributed by atoms with van der Waals surface area (Å²) in [6.45, 7) is 0. The molecule has 1 saturated heterocycles. The number of amides is 1. The van der Waals surface area contributed by atoms with Gasteiger partial charge in [0.15, 0.2) is 0 Å². The number of benzene rings is 1. The Morgan fingerprint density at radius 2 is 1.97 bits per heavy atom. The molecular formula is C20H25N3O5S. The number of aromatic nitrogens is 2. The van der Waals surface area contributed by atoms with Crippen molar-refractivity contribution in [2.45, 2.75) is 63.1 Å². The summed E-state index contributed by atoms with van der Waals surface area (Å²) in [6.07, 6.45) is 8.95. The Morgan fingerprint density at radius 3 is 2.72 bits per heavy atom. The van der Waals surface area contributed by atoms with Gasteiger partial charge in [0.2, 0.25) is 10.0 Å². The monoisotopic (exact) mass is 419 g/mol. The van der Waals surface area contributed by atoms with Gasteiger partial charge >= 0.3 is 0 Å². The number of fused-ring (bicyclic) bond motifs is 1. The number of aromatic amines is 1. The summed E-state index contributed by atoms with van der Waals surface area (Å²) in [7, 11) is -3.85. The third-order valence-electron chi connectivity index (χ3n) is 5.84. The fraction of sp³-hybridized carbons (Fsp3) is 0.550. The van der Waals surface area contributed by atoms with Gasteiger partial charge < -0.3 is 9.72 Å². The first kappa shape index (κ1) is 20.0. The van der Waals surface area contributed by atoms with E-state index >= 15 is 0 Å². The Kier molecular flexibility index (Phi) is 5.44. The van der Waals surface area contributed by atoms with Crippen LogP contribution in [0.25, 0.3) is 11.0 Å². The summed E-state index contributed by atoms with van der Waals surface area (Å²) in [5, 5.41) is 0. The van der Waals surface area contributed by atoms with E-state index in [9.17, 15) is 18.0 Å². The maximum Gasteiger partial charge on any atom is 0.266 e. The molecule has 0 radical (unpaired) electrons. The molecule has 1 aliphatic heterocycles. The first-order valence-electron chi connectivity index (χ1n) is 10.1. The predicted octanol–water partition coefficient (Wildman–Crippen LogP) is 2.25. The van der Waals surface area contributed by atoms with Gasteiger partial charge in [-0.3, -0.25) is 9.59 Å². The lowest BCUT2D eigenvalue weighted by Gasteiger charge is -2.28. The molecule has 2 fully saturated rings. The minimum atomic E-state index is -3.85. The summed E-state index contributed by atoms with van der Waals surface area (Å²) in [5.41, 5.74) is 0.442. The van der Waals surface area contributed by atoms with E-state index in [1.807, 2.05) is 0 Å². The van der Waals surface area contributed by atoms with Crippen LogP contribution in [0.5, 0.6) is 0 Å². The molecular weight excluding hydrogens is 394 g/mol. The van der Waals surface area contributed by atoms with Crippen molar-refractivity contribution in [1.29, 1.82) is 0 Å². The highest BCUT2D eigenvalue weighted by Gasteiger charge is 2.41. The Balaban J connectivity index is 1.42. The van der Waals surface area contributed by atoms with Crippen LogP contribution in [0.1, 0.15) is 61.7 Å². The van der Waals surface area contributed by atoms with Crippen LogP contribution in [0, 0.1) is 0 Å². The average Bonchev–Trinajstić information content (AvgIpc) is 2.90. The number of hydrogen-bond donors (Lipinski definition) is 2. The molecule has 1 amide bonds. The molecule has 1 atom stereocenters. The van der Waals surface area contributed by atoms with E-state index in [0.717, 1.165) is 38.3 Å². The number of nitrogens with zero attached hydrogens (tertiary/aromatic N) is 1. The van der Waals surface area contributed by atoms with Crippen molar-refractivity contribution in [3.05, 3.63) is 40.3 Å². The zero-order chi connectivity index (χ0) is 20.5. The Labute approximate surface area is 169 Å². The van der Waals surface area contributed by atoms with E-state index in [2.05, 4.69) is 14.7 Å². The quantitative estimate of drug-likeness (QED) is 0.785. The minimum absolute atomic E-state index is 0.136. The second-order valence-corrected chi connectivity index (χ2v) is 9.83. The summed E-state index contributed by atoms with van der Waals surface area (Å²) < 4.78 is 33.4. The van der Waals surface area contributed by atoms with Gasteiger partial charge in [-0.25, -0.2) is 18.1 Å². The van der Waals surface area contributed by atoms with Crippen LogP contribution in [0.4, 0.5) is 0 Å². The molecule has 2 aromatic rings. The van der Waals surface area contributed by atoms with Gasteiger partial charge in [0.1, 0.15) is 0 Å². The van der Waals surface area contributed by atoms with Crippen LogP contribution < -0.4 is 10.3 Å². The van der Waals surface area contributed by atoms with Crippen molar-refractivity contribution in [2.24, 2.45) is 0 Å². The van der Waals surface area contributed by atoms with Crippen molar-refractivity contribution in [3.8, 4) is 0 Å². The molecule has 0 bridgehead atoms. The van der Waals surface area contributed by atoms with Crippen molar-refractivity contribution in [2.75, 3.05) is 5.75 Å². The molecule has 8 nitrogen and oxygen atoms in total. The molecule has 4 rings (SSSR count). The topological polar surface area (TPSA) is 118 Å². The Morgan fingerprint density at radius 1 is 1.21 bits per heavy atom. The number of sulfonamides is 1. The van der Waals surface area contributed by atoms with E-state index in [-0.39, 0.29) is 16.9 Å². The van der Waals surface area contributed by atoms with E-state index in [1.165, 1.54) is 25.0 Å². The van der Waals surface area contributed by atoms with Gasteiger partial charge in [0, 0.05) is 5.56 Å². The van der Waals surface area contributed by atoms with Crippen LogP contribution in [0.15, 0.2) is 29.2 Å². The minimum Gasteiger partial charge on any atom is -0.371 e. The van der Waals surface area contributed by atoms with Crippen LogP contribution in [0.2, 0.25) is 0 Å². The number of hydrogen-bond acceptors (Lipinski definition) is 6. The van der Waals surface area contributed by atoms with Crippen molar-refractivity contribution in [1.82, 2.24) is 14.7 Å². The van der Waals surface area contributed by atoms with Crippen LogP contribution in [-0.2, 0) is 14.8 Å². The van der Waals surface area contributed by atoms with Gasteiger partial charge in [0.05, 0.1) is 34.7 Å². The predicted molar refractivity (Wildman–Crippen MR) is 108 cm³/mol. The standard InChI is InChI=1S/C20H25N3O5S/c24-18-12-21-16-6-5-14(11-17(16)22-18)19(25)23-29(26,27)13-15-7-10-20(28-15)8-3-1-2-4-9-20/h5-6,11-12,15H,1-4,7-10,13H2,(H,22,24)(H,23,25). The normalized spacial score (nSPS) is 21.9. The van der Waals surface area contributed by atoms with Gasteiger partial charge in [-0.2, -0.15) is 0 Å². The highest BCUT2D eigenvalue weighted by Crippen LogP contribution is 2.41. The summed E-state index contributed by atoms with van der Waals surface area (Å²) in [5.74, 6) is -0.967. The number of H-pyrrole nitrogens is 1. The lowest BCUT2D eigenvalue weighted by Crippen LogP contribution is -2.37. The number of carbonyl (C=O) groups is 1. The highest BCUT2D eigenvalue weighted by molar-refractivity contribution is 7.90. The Hall–Kier alpha value is -2.26.